The second kappa shape index (κ2) is 11.8. The van der Waals surface area contributed by atoms with Crippen molar-refractivity contribution in [2.45, 2.75) is 26.8 Å². The molecule has 1 heterocycles. The first-order valence-corrected chi connectivity index (χ1v) is 11.6. The van der Waals surface area contributed by atoms with E-state index in [0.29, 0.717) is 42.8 Å². The third-order valence-corrected chi connectivity index (χ3v) is 5.37. The number of hydrogen-bond acceptors (Lipinski definition) is 4. The topological polar surface area (TPSA) is 60.3 Å². The molecule has 0 amide bonds. The van der Waals surface area contributed by atoms with Crippen LogP contribution in [-0.4, -0.2) is 34.7 Å². The Bertz CT molecular complexity index is 1060. The maximum Gasteiger partial charge on any atom is 0.172 e. The molecule has 3 aromatic rings. The molecular formula is C23H26BrFN4O2S. The molecule has 2 N–H and O–H groups in total. The summed E-state index contributed by atoms with van der Waals surface area (Å²) in [6.07, 6.45) is 2.55. The summed E-state index contributed by atoms with van der Waals surface area (Å²) in [4.78, 5) is 0. The molecule has 2 aromatic carbocycles. The highest BCUT2D eigenvalue weighted by atomic mass is 79.9. The minimum Gasteiger partial charge on any atom is -0.490 e. The Morgan fingerprint density at radius 1 is 1.12 bits per heavy atom. The maximum atomic E-state index is 13.9. The van der Waals surface area contributed by atoms with Gasteiger partial charge in [0, 0.05) is 18.3 Å². The molecule has 0 aliphatic carbocycles. The Labute approximate surface area is 201 Å². The molecule has 1 aromatic heterocycles. The van der Waals surface area contributed by atoms with E-state index < -0.39 is 0 Å². The lowest BCUT2D eigenvalue weighted by Gasteiger charge is -2.13. The van der Waals surface area contributed by atoms with Gasteiger partial charge in [0.2, 0.25) is 0 Å². The van der Waals surface area contributed by atoms with E-state index in [1.54, 1.807) is 29.1 Å². The molecule has 0 spiro atoms. The van der Waals surface area contributed by atoms with Crippen molar-refractivity contribution in [3.05, 3.63) is 70.1 Å². The highest BCUT2D eigenvalue weighted by molar-refractivity contribution is 9.10. The zero-order chi connectivity index (χ0) is 22.9. The summed E-state index contributed by atoms with van der Waals surface area (Å²) in [5.74, 6) is 1.81. The van der Waals surface area contributed by atoms with Crippen LogP contribution in [0.1, 0.15) is 25.0 Å². The van der Waals surface area contributed by atoms with Gasteiger partial charge in [-0.2, -0.15) is 5.10 Å². The molecule has 0 unspecified atom stereocenters. The SMILES string of the molecule is CCOc1ccc(CCNC(=S)Nc2nn(Cc3ccccc3F)cc2Br)cc1OCC. The van der Waals surface area contributed by atoms with E-state index in [1.165, 1.54) is 6.07 Å². The van der Waals surface area contributed by atoms with Crippen LogP contribution >= 0.6 is 28.1 Å². The zero-order valence-electron chi connectivity index (χ0n) is 18.0. The smallest absolute Gasteiger partial charge is 0.172 e. The van der Waals surface area contributed by atoms with Gasteiger partial charge in [0.05, 0.1) is 24.2 Å². The molecule has 0 saturated heterocycles. The first-order valence-electron chi connectivity index (χ1n) is 10.4. The van der Waals surface area contributed by atoms with Crippen molar-refractivity contribution in [2.24, 2.45) is 0 Å². The third kappa shape index (κ3) is 6.67. The molecule has 170 valence electrons. The number of nitrogens with one attached hydrogen (secondary N) is 2. The van der Waals surface area contributed by atoms with E-state index in [2.05, 4.69) is 31.7 Å². The highest BCUT2D eigenvalue weighted by Crippen LogP contribution is 2.28. The number of anilines is 1. The van der Waals surface area contributed by atoms with Gasteiger partial charge in [-0.05, 0) is 72.2 Å². The van der Waals surface area contributed by atoms with E-state index in [-0.39, 0.29) is 5.82 Å². The summed E-state index contributed by atoms with van der Waals surface area (Å²) in [5.41, 5.74) is 1.68. The Morgan fingerprint density at radius 2 is 1.88 bits per heavy atom. The number of ether oxygens (including phenoxy) is 2. The Balaban J connectivity index is 1.52. The normalized spacial score (nSPS) is 10.6. The maximum absolute atomic E-state index is 13.9. The summed E-state index contributed by atoms with van der Waals surface area (Å²) in [6.45, 7) is 6.03. The van der Waals surface area contributed by atoms with Gasteiger partial charge in [-0.15, -0.1) is 0 Å². The van der Waals surface area contributed by atoms with E-state index >= 15 is 0 Å². The van der Waals surface area contributed by atoms with Crippen LogP contribution in [0.2, 0.25) is 0 Å². The number of benzene rings is 2. The average Bonchev–Trinajstić information content (AvgIpc) is 3.10. The second-order valence-corrected chi connectivity index (χ2v) is 8.16. The zero-order valence-corrected chi connectivity index (χ0v) is 20.4. The molecule has 32 heavy (non-hydrogen) atoms. The summed E-state index contributed by atoms with van der Waals surface area (Å²) < 4.78 is 27.6. The van der Waals surface area contributed by atoms with Gasteiger partial charge in [0.1, 0.15) is 5.82 Å². The molecule has 0 radical (unpaired) electrons. The average molecular weight is 521 g/mol. The van der Waals surface area contributed by atoms with Crippen molar-refractivity contribution in [3.63, 3.8) is 0 Å². The second-order valence-electron chi connectivity index (χ2n) is 6.89. The molecule has 9 heteroatoms. The monoisotopic (exact) mass is 520 g/mol. The number of halogens is 2. The van der Waals surface area contributed by atoms with Crippen LogP contribution in [0.3, 0.4) is 0 Å². The van der Waals surface area contributed by atoms with Gasteiger partial charge < -0.3 is 20.1 Å². The Kier molecular flexibility index (Phi) is 8.87. The van der Waals surface area contributed by atoms with Crippen molar-refractivity contribution < 1.29 is 13.9 Å². The highest BCUT2D eigenvalue weighted by Gasteiger charge is 2.11. The summed E-state index contributed by atoms with van der Waals surface area (Å²) in [5, 5.41) is 11.2. The van der Waals surface area contributed by atoms with Crippen LogP contribution in [0.5, 0.6) is 11.5 Å². The van der Waals surface area contributed by atoms with Crippen LogP contribution in [0.15, 0.2) is 53.1 Å². The molecule has 0 fully saturated rings. The van der Waals surface area contributed by atoms with Gasteiger partial charge in [-0.3, -0.25) is 4.68 Å². The van der Waals surface area contributed by atoms with Gasteiger partial charge >= 0.3 is 0 Å². The predicted octanol–water partition coefficient (Wildman–Crippen LogP) is 5.16. The Hall–Kier alpha value is -2.65. The fourth-order valence-electron chi connectivity index (χ4n) is 3.09. The lowest BCUT2D eigenvalue weighted by molar-refractivity contribution is 0.287. The number of hydrogen-bond donors (Lipinski definition) is 2. The van der Waals surface area contributed by atoms with Gasteiger partial charge in [-0.1, -0.05) is 24.3 Å². The summed E-state index contributed by atoms with van der Waals surface area (Å²) >= 11 is 8.87. The molecule has 0 aliphatic heterocycles. The predicted molar refractivity (Wildman–Crippen MR) is 132 cm³/mol. The molecule has 3 rings (SSSR count). The fourth-order valence-corrected chi connectivity index (χ4v) is 3.70. The van der Waals surface area contributed by atoms with Crippen molar-refractivity contribution in [3.8, 4) is 11.5 Å². The largest absolute Gasteiger partial charge is 0.490 e. The molecule has 0 bridgehead atoms. The molecular weight excluding hydrogens is 495 g/mol. The lowest BCUT2D eigenvalue weighted by Crippen LogP contribution is -2.30. The standard InChI is InChI=1S/C23H26BrFN4O2S/c1-3-30-20-10-9-16(13-21(20)31-4-2)11-12-26-23(32)27-22-18(24)15-29(28-22)14-17-7-5-6-8-19(17)25/h5-10,13,15H,3-4,11-12,14H2,1-2H3,(H2,26,27,28,32). The number of aromatic nitrogens is 2. The van der Waals surface area contributed by atoms with Crippen molar-refractivity contribution in [1.82, 2.24) is 15.1 Å². The van der Waals surface area contributed by atoms with Gasteiger partial charge in [0.15, 0.2) is 22.4 Å². The van der Waals surface area contributed by atoms with Crippen LogP contribution < -0.4 is 20.1 Å². The first-order chi connectivity index (χ1) is 15.5. The lowest BCUT2D eigenvalue weighted by atomic mass is 10.1. The van der Waals surface area contributed by atoms with Crippen molar-refractivity contribution >= 4 is 39.1 Å². The molecule has 0 atom stereocenters. The summed E-state index contributed by atoms with van der Waals surface area (Å²) in [7, 11) is 0. The van der Waals surface area contributed by atoms with E-state index in [4.69, 9.17) is 21.7 Å². The molecule has 0 saturated carbocycles. The van der Waals surface area contributed by atoms with Crippen molar-refractivity contribution in [2.75, 3.05) is 25.1 Å². The van der Waals surface area contributed by atoms with E-state index in [1.807, 2.05) is 32.0 Å². The van der Waals surface area contributed by atoms with Crippen molar-refractivity contribution in [1.29, 1.82) is 0 Å². The molecule has 0 aliphatic rings. The van der Waals surface area contributed by atoms with Crippen LogP contribution in [0, 0.1) is 5.82 Å². The number of rotatable bonds is 10. The van der Waals surface area contributed by atoms with Gasteiger partial charge in [-0.25, -0.2) is 4.39 Å². The first kappa shape index (κ1) is 24.0. The van der Waals surface area contributed by atoms with E-state index in [0.717, 1.165) is 28.0 Å². The molecule has 6 nitrogen and oxygen atoms in total. The Morgan fingerprint density at radius 3 is 2.62 bits per heavy atom. The van der Waals surface area contributed by atoms with Crippen LogP contribution in [0.25, 0.3) is 0 Å². The third-order valence-electron chi connectivity index (χ3n) is 4.55. The minimum absolute atomic E-state index is 0.257. The summed E-state index contributed by atoms with van der Waals surface area (Å²) in [6, 6.07) is 12.6. The van der Waals surface area contributed by atoms with E-state index in [9.17, 15) is 4.39 Å². The van der Waals surface area contributed by atoms with Crippen LogP contribution in [-0.2, 0) is 13.0 Å². The fraction of sp³-hybridized carbons (Fsp3) is 0.304. The number of nitrogens with zero attached hydrogens (tertiary/aromatic N) is 2. The van der Waals surface area contributed by atoms with Gasteiger partial charge in [0.25, 0.3) is 0 Å². The number of thiocarbonyl (C=S) groups is 1. The van der Waals surface area contributed by atoms with Crippen LogP contribution in [0.4, 0.5) is 10.2 Å². The quantitative estimate of drug-likeness (QED) is 0.360. The minimum atomic E-state index is -0.257.